The summed E-state index contributed by atoms with van der Waals surface area (Å²) in [6.07, 6.45) is 0. The molecule has 1 aromatic heterocycles. The van der Waals surface area contributed by atoms with Gasteiger partial charge in [-0.15, -0.1) is 0 Å². The van der Waals surface area contributed by atoms with E-state index in [-0.39, 0.29) is 6.61 Å². The number of nitrogens with two attached hydrogens (primary N) is 1. The van der Waals surface area contributed by atoms with Crippen LogP contribution in [-0.4, -0.2) is 5.91 Å². The second-order valence-electron chi connectivity index (χ2n) is 4.02. The van der Waals surface area contributed by atoms with Crippen LogP contribution in [-0.2, 0) is 6.61 Å². The minimum absolute atomic E-state index is 0.162. The quantitative estimate of drug-likeness (QED) is 0.499. The number of benzene rings is 1. The van der Waals surface area contributed by atoms with Crippen LogP contribution in [0.5, 0.6) is 5.75 Å². The number of hydrazine groups is 1. The van der Waals surface area contributed by atoms with Crippen LogP contribution in [0.15, 0.2) is 33.2 Å². The van der Waals surface area contributed by atoms with Crippen LogP contribution in [0.3, 0.4) is 0 Å². The van der Waals surface area contributed by atoms with Gasteiger partial charge in [0.05, 0.1) is 10.6 Å². The van der Waals surface area contributed by atoms with Crippen LogP contribution in [0.2, 0.25) is 5.02 Å². The summed E-state index contributed by atoms with van der Waals surface area (Å²) in [6, 6.07) is 6.88. The van der Waals surface area contributed by atoms with E-state index in [2.05, 4.69) is 21.4 Å². The number of carbonyl (C=O) groups is 1. The van der Waals surface area contributed by atoms with Crippen LogP contribution >= 0.6 is 27.5 Å². The Hall–Kier alpha value is -1.50. The molecule has 0 bridgehead atoms. The van der Waals surface area contributed by atoms with Crippen molar-refractivity contribution in [3.05, 3.63) is 50.8 Å². The number of hydrogen-bond donors (Lipinski definition) is 2. The molecule has 0 aliphatic heterocycles. The largest absolute Gasteiger partial charge is 0.484 e. The molecule has 2 aromatic rings. The third-order valence-corrected chi connectivity index (χ3v) is 3.41. The molecule has 106 valence electrons. The van der Waals surface area contributed by atoms with Crippen molar-refractivity contribution in [2.45, 2.75) is 13.5 Å². The molecular formula is C13H12BrClN2O3. The Morgan fingerprint density at radius 1 is 1.50 bits per heavy atom. The van der Waals surface area contributed by atoms with E-state index in [1.54, 1.807) is 25.1 Å². The molecule has 20 heavy (non-hydrogen) atoms. The second kappa shape index (κ2) is 6.30. The number of aryl methyl sites for hydroxylation is 1. The van der Waals surface area contributed by atoms with Crippen molar-refractivity contribution in [1.82, 2.24) is 5.43 Å². The van der Waals surface area contributed by atoms with Crippen LogP contribution < -0.4 is 16.0 Å². The van der Waals surface area contributed by atoms with E-state index in [4.69, 9.17) is 26.6 Å². The summed E-state index contributed by atoms with van der Waals surface area (Å²) in [5, 5.41) is 0.497. The average Bonchev–Trinajstić information content (AvgIpc) is 2.80. The zero-order chi connectivity index (χ0) is 14.7. The van der Waals surface area contributed by atoms with Gasteiger partial charge in [0.15, 0.2) is 0 Å². The van der Waals surface area contributed by atoms with Gasteiger partial charge in [0, 0.05) is 4.47 Å². The molecule has 0 atom stereocenters. The molecular weight excluding hydrogens is 348 g/mol. The highest BCUT2D eigenvalue weighted by molar-refractivity contribution is 9.10. The number of halogens is 2. The lowest BCUT2D eigenvalue weighted by molar-refractivity contribution is 0.0952. The van der Waals surface area contributed by atoms with Crippen molar-refractivity contribution in [2.24, 2.45) is 5.84 Å². The maximum Gasteiger partial charge on any atom is 0.268 e. The fourth-order valence-corrected chi connectivity index (χ4v) is 2.17. The molecule has 0 unspecified atom stereocenters. The highest BCUT2D eigenvalue weighted by atomic mass is 79.9. The molecule has 2 rings (SSSR count). The van der Waals surface area contributed by atoms with E-state index in [0.717, 1.165) is 4.47 Å². The minimum Gasteiger partial charge on any atom is -0.484 e. The van der Waals surface area contributed by atoms with Crippen molar-refractivity contribution in [1.29, 1.82) is 0 Å². The van der Waals surface area contributed by atoms with Gasteiger partial charge in [-0.05, 0) is 31.2 Å². The number of carbonyl (C=O) groups excluding carboxylic acids is 1. The second-order valence-corrected chi connectivity index (χ2v) is 5.34. The number of nitrogens with one attached hydrogen (secondary N) is 1. The van der Waals surface area contributed by atoms with E-state index in [0.29, 0.717) is 27.9 Å². The van der Waals surface area contributed by atoms with Gasteiger partial charge in [-0.25, -0.2) is 5.84 Å². The van der Waals surface area contributed by atoms with Gasteiger partial charge in [0.25, 0.3) is 5.91 Å². The molecule has 5 nitrogen and oxygen atoms in total. The number of amides is 1. The van der Waals surface area contributed by atoms with Gasteiger partial charge in [-0.2, -0.15) is 0 Å². The first-order chi connectivity index (χ1) is 9.51. The summed E-state index contributed by atoms with van der Waals surface area (Å²) in [6.45, 7) is 1.84. The molecule has 1 heterocycles. The Kier molecular flexibility index (Phi) is 4.69. The lowest BCUT2D eigenvalue weighted by atomic mass is 10.2. The van der Waals surface area contributed by atoms with Crippen LogP contribution in [0, 0.1) is 6.92 Å². The standard InChI is InChI=1S/C13H12BrClN2O3/c1-7-10(13(18)17-16)5-9(20-7)6-19-12-4-8(14)2-3-11(12)15/h2-5H,6,16H2,1H3,(H,17,18). The van der Waals surface area contributed by atoms with Crippen LogP contribution in [0.25, 0.3) is 0 Å². The SMILES string of the molecule is Cc1oc(COc2cc(Br)ccc2Cl)cc1C(=O)NN. The Morgan fingerprint density at radius 2 is 2.25 bits per heavy atom. The predicted molar refractivity (Wildman–Crippen MR) is 78.6 cm³/mol. The monoisotopic (exact) mass is 358 g/mol. The fourth-order valence-electron chi connectivity index (χ4n) is 1.65. The summed E-state index contributed by atoms with van der Waals surface area (Å²) < 4.78 is 11.9. The maximum atomic E-state index is 11.5. The predicted octanol–water partition coefficient (Wildman–Crippen LogP) is 3.19. The average molecular weight is 360 g/mol. The van der Waals surface area contributed by atoms with Crippen molar-refractivity contribution in [3.8, 4) is 5.75 Å². The summed E-state index contributed by atoms with van der Waals surface area (Å²) >= 11 is 9.35. The first kappa shape index (κ1) is 14.9. The molecule has 3 N–H and O–H groups in total. The topological polar surface area (TPSA) is 77.5 Å². The van der Waals surface area contributed by atoms with Gasteiger partial charge in [-0.3, -0.25) is 10.2 Å². The Labute approximate surface area is 129 Å². The number of rotatable bonds is 4. The molecule has 0 aliphatic carbocycles. The minimum atomic E-state index is -0.405. The first-order valence-electron chi connectivity index (χ1n) is 5.69. The molecule has 7 heteroatoms. The summed E-state index contributed by atoms with van der Waals surface area (Å²) in [5.41, 5.74) is 2.44. The maximum absolute atomic E-state index is 11.5. The molecule has 0 saturated carbocycles. The molecule has 0 spiro atoms. The van der Waals surface area contributed by atoms with E-state index in [9.17, 15) is 4.79 Å². The van der Waals surface area contributed by atoms with Gasteiger partial charge < -0.3 is 9.15 Å². The van der Waals surface area contributed by atoms with E-state index < -0.39 is 5.91 Å². The fraction of sp³-hybridized carbons (Fsp3) is 0.154. The van der Waals surface area contributed by atoms with E-state index >= 15 is 0 Å². The van der Waals surface area contributed by atoms with E-state index in [1.165, 1.54) is 0 Å². The molecule has 1 aromatic carbocycles. The molecule has 0 aliphatic rings. The number of furan rings is 1. The smallest absolute Gasteiger partial charge is 0.268 e. The highest BCUT2D eigenvalue weighted by Crippen LogP contribution is 2.29. The lowest BCUT2D eigenvalue weighted by Gasteiger charge is -2.06. The van der Waals surface area contributed by atoms with Crippen molar-refractivity contribution < 1.29 is 13.9 Å². The van der Waals surface area contributed by atoms with Crippen LogP contribution in [0.1, 0.15) is 21.9 Å². The third kappa shape index (κ3) is 3.33. The van der Waals surface area contributed by atoms with Crippen LogP contribution in [0.4, 0.5) is 0 Å². The Morgan fingerprint density at radius 3 is 2.95 bits per heavy atom. The van der Waals surface area contributed by atoms with Gasteiger partial charge in [-0.1, -0.05) is 27.5 Å². The van der Waals surface area contributed by atoms with Crippen molar-refractivity contribution in [3.63, 3.8) is 0 Å². The number of hydrogen-bond acceptors (Lipinski definition) is 4. The zero-order valence-electron chi connectivity index (χ0n) is 10.6. The van der Waals surface area contributed by atoms with E-state index in [1.807, 2.05) is 6.07 Å². The van der Waals surface area contributed by atoms with Crippen molar-refractivity contribution in [2.75, 3.05) is 0 Å². The Bertz CT molecular complexity index is 643. The van der Waals surface area contributed by atoms with Gasteiger partial charge in [0.1, 0.15) is 23.9 Å². The third-order valence-electron chi connectivity index (χ3n) is 2.61. The lowest BCUT2D eigenvalue weighted by Crippen LogP contribution is -2.30. The zero-order valence-corrected chi connectivity index (χ0v) is 12.9. The highest BCUT2D eigenvalue weighted by Gasteiger charge is 2.14. The van der Waals surface area contributed by atoms with Gasteiger partial charge >= 0.3 is 0 Å². The molecule has 0 fully saturated rings. The van der Waals surface area contributed by atoms with Crippen molar-refractivity contribution >= 4 is 33.4 Å². The molecule has 1 amide bonds. The Balaban J connectivity index is 2.11. The molecule has 0 radical (unpaired) electrons. The summed E-state index contributed by atoms with van der Waals surface area (Å²) in [7, 11) is 0. The number of ether oxygens (including phenoxy) is 1. The summed E-state index contributed by atoms with van der Waals surface area (Å²) in [4.78, 5) is 11.5. The number of nitrogen functional groups attached to an aromatic ring is 1. The molecule has 0 saturated heterocycles. The normalized spacial score (nSPS) is 10.4. The summed E-state index contributed by atoms with van der Waals surface area (Å²) in [5.74, 6) is 6.20. The van der Waals surface area contributed by atoms with Gasteiger partial charge in [0.2, 0.25) is 0 Å². The first-order valence-corrected chi connectivity index (χ1v) is 6.86.